The summed E-state index contributed by atoms with van der Waals surface area (Å²) in [6, 6.07) is 7.96. The fourth-order valence-electron chi connectivity index (χ4n) is 2.35. The van der Waals surface area contributed by atoms with Crippen LogP contribution in [-0.4, -0.2) is 40.5 Å². The molecule has 2 aliphatic carbocycles. The zero-order valence-electron chi connectivity index (χ0n) is 11.9. The summed E-state index contributed by atoms with van der Waals surface area (Å²) in [6.45, 7) is 0.0486. The normalized spacial score (nSPS) is 17.4. The molecule has 2 aliphatic rings. The first-order chi connectivity index (χ1) is 10.2. The first-order valence-corrected chi connectivity index (χ1v) is 7.47. The molecule has 1 aromatic carbocycles. The van der Waals surface area contributed by atoms with Crippen LogP contribution in [-0.2, 0) is 11.3 Å². The van der Waals surface area contributed by atoms with Gasteiger partial charge in [0.15, 0.2) is 0 Å². The Morgan fingerprint density at radius 1 is 1.14 bits per heavy atom. The molecule has 0 radical (unpaired) electrons. The van der Waals surface area contributed by atoms with E-state index >= 15 is 0 Å². The third-order valence-electron chi connectivity index (χ3n) is 3.92. The average molecular weight is 288 g/mol. The van der Waals surface area contributed by atoms with Crippen LogP contribution in [0, 0.1) is 0 Å². The van der Waals surface area contributed by atoms with Crippen molar-refractivity contribution in [1.29, 1.82) is 0 Å². The van der Waals surface area contributed by atoms with Gasteiger partial charge in [0, 0.05) is 24.2 Å². The summed E-state index contributed by atoms with van der Waals surface area (Å²) >= 11 is 0. The molecule has 0 saturated heterocycles. The second kappa shape index (κ2) is 5.85. The Labute approximate surface area is 123 Å². The standard InChI is InChI=1S/C16H20N2O3/c19-10-15(20)18(14-7-8-14)9-11-1-3-12(4-2-11)16(21)17-13-5-6-13/h1-4,13-14,19H,5-10H2,(H,17,21). The lowest BCUT2D eigenvalue weighted by atomic mass is 10.1. The van der Waals surface area contributed by atoms with E-state index in [0.717, 1.165) is 31.2 Å². The predicted molar refractivity (Wildman–Crippen MR) is 77.6 cm³/mol. The Hall–Kier alpha value is -1.88. The third-order valence-corrected chi connectivity index (χ3v) is 3.92. The van der Waals surface area contributed by atoms with Gasteiger partial charge in [-0.1, -0.05) is 12.1 Å². The molecule has 5 heteroatoms. The van der Waals surface area contributed by atoms with E-state index in [1.54, 1.807) is 17.0 Å². The molecule has 2 fully saturated rings. The molecule has 0 bridgehead atoms. The number of hydrogen-bond acceptors (Lipinski definition) is 3. The van der Waals surface area contributed by atoms with E-state index in [4.69, 9.17) is 5.11 Å². The lowest BCUT2D eigenvalue weighted by Crippen LogP contribution is -2.34. The summed E-state index contributed by atoms with van der Waals surface area (Å²) in [5.74, 6) is -0.261. The van der Waals surface area contributed by atoms with Crippen molar-refractivity contribution >= 4 is 11.8 Å². The average Bonchev–Trinajstić information content (AvgIpc) is 3.37. The highest BCUT2D eigenvalue weighted by molar-refractivity contribution is 5.94. The van der Waals surface area contributed by atoms with Crippen molar-refractivity contribution in [1.82, 2.24) is 10.2 Å². The zero-order chi connectivity index (χ0) is 14.8. The maximum atomic E-state index is 11.9. The van der Waals surface area contributed by atoms with Crippen LogP contribution in [0.2, 0.25) is 0 Å². The van der Waals surface area contributed by atoms with Gasteiger partial charge in [-0.2, -0.15) is 0 Å². The lowest BCUT2D eigenvalue weighted by Gasteiger charge is -2.21. The Balaban J connectivity index is 1.62. The summed E-state index contributed by atoms with van der Waals surface area (Å²) in [6.07, 6.45) is 4.16. The van der Waals surface area contributed by atoms with E-state index in [1.807, 2.05) is 12.1 Å². The molecule has 0 spiro atoms. The van der Waals surface area contributed by atoms with E-state index < -0.39 is 6.61 Å². The van der Waals surface area contributed by atoms with Crippen LogP contribution in [0.15, 0.2) is 24.3 Å². The van der Waals surface area contributed by atoms with Gasteiger partial charge < -0.3 is 15.3 Å². The van der Waals surface area contributed by atoms with Crippen molar-refractivity contribution in [2.24, 2.45) is 0 Å². The third kappa shape index (κ3) is 3.61. The summed E-state index contributed by atoms with van der Waals surface area (Å²) < 4.78 is 0. The minimum Gasteiger partial charge on any atom is -0.387 e. The van der Waals surface area contributed by atoms with Gasteiger partial charge in [0.05, 0.1) is 0 Å². The number of aliphatic hydroxyl groups excluding tert-OH is 1. The Kier molecular flexibility index (Phi) is 3.92. The SMILES string of the molecule is O=C(NC1CC1)c1ccc(CN(C(=O)CO)C2CC2)cc1. The van der Waals surface area contributed by atoms with Crippen LogP contribution in [0.25, 0.3) is 0 Å². The fourth-order valence-corrected chi connectivity index (χ4v) is 2.35. The minimum absolute atomic E-state index is 0.0328. The van der Waals surface area contributed by atoms with Crippen molar-refractivity contribution in [2.75, 3.05) is 6.61 Å². The number of nitrogens with one attached hydrogen (secondary N) is 1. The number of rotatable bonds is 6. The van der Waals surface area contributed by atoms with Crippen molar-refractivity contribution < 1.29 is 14.7 Å². The molecule has 2 N–H and O–H groups in total. The number of benzene rings is 1. The number of aliphatic hydroxyl groups is 1. The molecule has 2 amide bonds. The van der Waals surface area contributed by atoms with E-state index in [2.05, 4.69) is 5.32 Å². The minimum atomic E-state index is -0.446. The molecule has 0 aromatic heterocycles. The predicted octanol–water partition coefficient (Wildman–Crippen LogP) is 1.06. The summed E-state index contributed by atoms with van der Waals surface area (Å²) in [4.78, 5) is 25.3. The molecule has 0 unspecified atom stereocenters. The van der Waals surface area contributed by atoms with Gasteiger partial charge in [0.2, 0.25) is 5.91 Å². The molecular weight excluding hydrogens is 268 g/mol. The number of hydrogen-bond donors (Lipinski definition) is 2. The van der Waals surface area contributed by atoms with Crippen molar-refractivity contribution in [3.8, 4) is 0 Å². The Morgan fingerprint density at radius 3 is 2.33 bits per heavy atom. The highest BCUT2D eigenvalue weighted by atomic mass is 16.3. The van der Waals surface area contributed by atoms with Gasteiger partial charge in [-0.15, -0.1) is 0 Å². The molecule has 0 aliphatic heterocycles. The van der Waals surface area contributed by atoms with Crippen LogP contribution in [0.4, 0.5) is 0 Å². The molecular formula is C16H20N2O3. The van der Waals surface area contributed by atoms with Gasteiger partial charge in [-0.3, -0.25) is 9.59 Å². The summed E-state index contributed by atoms with van der Waals surface area (Å²) in [5.41, 5.74) is 1.63. The van der Waals surface area contributed by atoms with Crippen LogP contribution in [0.1, 0.15) is 41.6 Å². The first kappa shape index (κ1) is 14.1. The van der Waals surface area contributed by atoms with E-state index in [9.17, 15) is 9.59 Å². The van der Waals surface area contributed by atoms with Gasteiger partial charge in [-0.05, 0) is 43.4 Å². The molecule has 0 heterocycles. The van der Waals surface area contributed by atoms with Crippen LogP contribution < -0.4 is 5.32 Å². The summed E-state index contributed by atoms with van der Waals surface area (Å²) in [7, 11) is 0. The Bertz CT molecular complexity index is 533. The van der Waals surface area contributed by atoms with Gasteiger partial charge in [0.25, 0.3) is 5.91 Å². The maximum Gasteiger partial charge on any atom is 0.251 e. The smallest absolute Gasteiger partial charge is 0.251 e. The van der Waals surface area contributed by atoms with Gasteiger partial charge >= 0.3 is 0 Å². The molecule has 3 rings (SSSR count). The zero-order valence-corrected chi connectivity index (χ0v) is 11.9. The highest BCUT2D eigenvalue weighted by Gasteiger charge is 2.32. The monoisotopic (exact) mass is 288 g/mol. The number of amides is 2. The number of nitrogens with zero attached hydrogens (tertiary/aromatic N) is 1. The number of carbonyl (C=O) groups is 2. The van der Waals surface area contributed by atoms with Crippen molar-refractivity contribution in [2.45, 2.75) is 44.3 Å². The van der Waals surface area contributed by atoms with Crippen molar-refractivity contribution in [3.63, 3.8) is 0 Å². The van der Waals surface area contributed by atoms with E-state index in [0.29, 0.717) is 18.2 Å². The van der Waals surface area contributed by atoms with Crippen LogP contribution in [0.3, 0.4) is 0 Å². The largest absolute Gasteiger partial charge is 0.387 e. The highest BCUT2D eigenvalue weighted by Crippen LogP contribution is 2.28. The molecule has 1 aromatic rings. The molecule has 5 nitrogen and oxygen atoms in total. The molecule has 21 heavy (non-hydrogen) atoms. The lowest BCUT2D eigenvalue weighted by molar-refractivity contribution is -0.135. The second-order valence-electron chi connectivity index (χ2n) is 5.86. The fraction of sp³-hybridized carbons (Fsp3) is 0.500. The van der Waals surface area contributed by atoms with Crippen LogP contribution in [0.5, 0.6) is 0 Å². The quantitative estimate of drug-likeness (QED) is 0.822. The van der Waals surface area contributed by atoms with Gasteiger partial charge in [0.1, 0.15) is 6.61 Å². The molecule has 0 atom stereocenters. The second-order valence-corrected chi connectivity index (χ2v) is 5.86. The van der Waals surface area contributed by atoms with Gasteiger partial charge in [-0.25, -0.2) is 0 Å². The van der Waals surface area contributed by atoms with Crippen LogP contribution >= 0.6 is 0 Å². The topological polar surface area (TPSA) is 69.6 Å². The Morgan fingerprint density at radius 2 is 1.81 bits per heavy atom. The summed E-state index contributed by atoms with van der Waals surface area (Å²) in [5, 5.41) is 12.0. The molecule has 112 valence electrons. The van der Waals surface area contributed by atoms with E-state index in [-0.39, 0.29) is 17.9 Å². The van der Waals surface area contributed by atoms with E-state index in [1.165, 1.54) is 0 Å². The molecule has 2 saturated carbocycles. The number of carbonyl (C=O) groups excluding carboxylic acids is 2. The maximum absolute atomic E-state index is 11.9. The first-order valence-electron chi connectivity index (χ1n) is 7.47. The van der Waals surface area contributed by atoms with Crippen molar-refractivity contribution in [3.05, 3.63) is 35.4 Å².